The summed E-state index contributed by atoms with van der Waals surface area (Å²) in [7, 11) is 1.26. The highest BCUT2D eigenvalue weighted by molar-refractivity contribution is 7.69. The Kier molecular flexibility index (Phi) is 19.8. The lowest BCUT2D eigenvalue weighted by Crippen LogP contribution is -2.32. The summed E-state index contributed by atoms with van der Waals surface area (Å²) in [5.74, 6) is 0. The molecule has 0 aromatic heterocycles. The molecular weight excluding hydrogens is 989 g/mol. The van der Waals surface area contributed by atoms with Crippen molar-refractivity contribution < 1.29 is 0 Å². The van der Waals surface area contributed by atoms with Gasteiger partial charge in [0.25, 0.3) is 0 Å². The van der Waals surface area contributed by atoms with Crippen molar-refractivity contribution in [3.8, 4) is 44.5 Å². The zero-order chi connectivity index (χ0) is 57.1. The molecule has 10 aromatic rings. The molecule has 0 atom stereocenters. The Bertz CT molecular complexity index is 3500. The Hall–Kier alpha value is -6.62. The quantitative estimate of drug-likeness (QED) is 0.157. The fourth-order valence-corrected chi connectivity index (χ4v) is 20.0. The van der Waals surface area contributed by atoms with Crippen molar-refractivity contribution in [3.63, 3.8) is 0 Å². The monoisotopic (exact) mass is 1080 g/mol. The predicted molar refractivity (Wildman–Crippen MR) is 358 cm³/mol. The lowest BCUT2D eigenvalue weighted by atomic mass is 9.94. The van der Waals surface area contributed by atoms with E-state index in [0.717, 1.165) is 0 Å². The number of para-hydroxylation sites is 1. The smallest absolute Gasteiger partial charge is 0.0417 e. The Morgan fingerprint density at radius 2 is 0.633 bits per heavy atom. The van der Waals surface area contributed by atoms with Crippen LogP contribution in [0.2, 0.25) is 0 Å². The molecular formula is C76H87NP2. The molecule has 0 saturated heterocycles. The molecule has 1 N–H and O–H groups in total. The van der Waals surface area contributed by atoms with Crippen LogP contribution < -0.4 is 15.9 Å². The molecule has 0 radical (unpaired) electrons. The first-order chi connectivity index (χ1) is 37.5. The zero-order valence-electron chi connectivity index (χ0n) is 50.3. The molecule has 0 aliphatic heterocycles. The highest BCUT2D eigenvalue weighted by Crippen LogP contribution is 2.61. The number of anilines is 1. The lowest BCUT2D eigenvalue weighted by molar-refractivity contribution is 0.714. The van der Waals surface area contributed by atoms with Crippen molar-refractivity contribution in [3.05, 3.63) is 247 Å². The minimum Gasteiger partial charge on any atom is -0.388 e. The van der Waals surface area contributed by atoms with Crippen LogP contribution in [0.5, 0.6) is 0 Å². The standard InChI is InChI=1S/C28H31P.C20H27P.C14H15N.C14H14/c1-27(2,3)29(28(4,5)6)25-19-18-21-13-8-10-16-23(21)26(25)24-17-11-14-20-12-7-9-15-22(20)24;1-19(2,3)21(20(4,5)6)18-15-11-10-14-17(18)16-12-8-7-9-13-16;1-11-7-3-4-8-12(11)13-9-5-6-10-14(13)15-2;1-11-7-3-5-9-13(11)14-10-6-4-8-12(14)2/h7-19H,1-6H3;7-15H,1-6H3;3-10,15H,1-2H3;3-10H,1-2H3. The molecule has 0 unspecified atom stereocenters. The maximum Gasteiger partial charge on any atom is 0.0417 e. The van der Waals surface area contributed by atoms with Crippen LogP contribution in [0, 0.1) is 20.8 Å². The van der Waals surface area contributed by atoms with Gasteiger partial charge in [0.1, 0.15) is 0 Å². The van der Waals surface area contributed by atoms with Crippen LogP contribution in [-0.4, -0.2) is 27.7 Å². The molecule has 0 heterocycles. The molecule has 0 fully saturated rings. The summed E-state index contributed by atoms with van der Waals surface area (Å²) in [6, 6.07) is 82.7. The maximum atomic E-state index is 3.22. The van der Waals surface area contributed by atoms with Gasteiger partial charge in [0.05, 0.1) is 0 Å². The van der Waals surface area contributed by atoms with Crippen molar-refractivity contribution in [2.75, 3.05) is 12.4 Å². The van der Waals surface area contributed by atoms with Crippen LogP contribution in [0.1, 0.15) is 99.8 Å². The second kappa shape index (κ2) is 26.1. The van der Waals surface area contributed by atoms with Gasteiger partial charge in [0, 0.05) is 18.3 Å². The van der Waals surface area contributed by atoms with Crippen LogP contribution in [0.3, 0.4) is 0 Å². The largest absolute Gasteiger partial charge is 0.388 e. The van der Waals surface area contributed by atoms with Crippen LogP contribution in [-0.2, 0) is 0 Å². The Morgan fingerprint density at radius 3 is 1.13 bits per heavy atom. The van der Waals surface area contributed by atoms with Crippen molar-refractivity contribution in [2.24, 2.45) is 0 Å². The average molecular weight is 1080 g/mol. The molecule has 0 spiro atoms. The summed E-state index contributed by atoms with van der Waals surface area (Å²) in [6.45, 7) is 35.2. The summed E-state index contributed by atoms with van der Waals surface area (Å²) < 4.78 is 0. The van der Waals surface area contributed by atoms with E-state index in [4.69, 9.17) is 0 Å². The fourth-order valence-electron chi connectivity index (χ4n) is 11.7. The van der Waals surface area contributed by atoms with Crippen LogP contribution in [0.4, 0.5) is 5.69 Å². The molecule has 10 rings (SSSR count). The number of nitrogens with one attached hydrogen (secondary N) is 1. The minimum atomic E-state index is -0.411. The van der Waals surface area contributed by atoms with E-state index in [-0.39, 0.29) is 18.2 Å². The topological polar surface area (TPSA) is 12.0 Å². The maximum absolute atomic E-state index is 3.22. The van der Waals surface area contributed by atoms with Gasteiger partial charge in [-0.3, -0.25) is 0 Å². The third kappa shape index (κ3) is 15.0. The van der Waals surface area contributed by atoms with E-state index < -0.39 is 7.92 Å². The molecule has 0 saturated carbocycles. The summed E-state index contributed by atoms with van der Waals surface area (Å²) in [5.41, 5.74) is 15.9. The number of aryl methyl sites for hydroxylation is 3. The van der Waals surface area contributed by atoms with E-state index in [0.29, 0.717) is 10.3 Å². The summed E-state index contributed by atoms with van der Waals surface area (Å²) in [6.07, 6.45) is 0. The number of hydrogen-bond acceptors (Lipinski definition) is 1. The fraction of sp³-hybridized carbons (Fsp3) is 0.263. The normalized spacial score (nSPS) is 11.8. The summed E-state index contributed by atoms with van der Waals surface area (Å²) in [5, 5.41) is 12.6. The first-order valence-corrected chi connectivity index (χ1v) is 30.9. The van der Waals surface area contributed by atoms with Crippen LogP contribution in [0.15, 0.2) is 231 Å². The average Bonchev–Trinajstić information content (AvgIpc) is 3.44. The number of fused-ring (bicyclic) bond motifs is 2. The van der Waals surface area contributed by atoms with E-state index in [9.17, 15) is 0 Å². The highest BCUT2D eigenvalue weighted by atomic mass is 31.1. The minimum absolute atomic E-state index is 0.218. The predicted octanol–water partition coefficient (Wildman–Crippen LogP) is 22.1. The van der Waals surface area contributed by atoms with Gasteiger partial charge in [0.15, 0.2) is 0 Å². The van der Waals surface area contributed by atoms with Gasteiger partial charge < -0.3 is 5.32 Å². The molecule has 10 aromatic carbocycles. The lowest BCUT2D eigenvalue weighted by Gasteiger charge is -2.43. The molecule has 0 bridgehead atoms. The van der Waals surface area contributed by atoms with Crippen LogP contribution in [0.25, 0.3) is 66.1 Å². The SMILES string of the molecule is CC(C)(C)P(c1ccc2ccccc2c1-c1cccc2ccccc12)C(C)(C)C.CC(C)(C)P(c1ccccc1-c1ccccc1)C(C)(C)C.CNc1ccccc1-c1ccccc1C.Cc1ccccc1-c1ccccc1C. The van der Waals surface area contributed by atoms with Gasteiger partial charge in [0.2, 0.25) is 0 Å². The van der Waals surface area contributed by atoms with E-state index in [1.54, 1.807) is 0 Å². The van der Waals surface area contributed by atoms with Gasteiger partial charge in [-0.15, -0.1) is 0 Å². The molecule has 79 heavy (non-hydrogen) atoms. The van der Waals surface area contributed by atoms with Gasteiger partial charge >= 0.3 is 0 Å². The molecule has 0 aliphatic rings. The molecule has 3 heteroatoms. The molecule has 0 amide bonds. The summed E-state index contributed by atoms with van der Waals surface area (Å²) >= 11 is 0. The Morgan fingerprint density at radius 1 is 0.278 bits per heavy atom. The van der Waals surface area contributed by atoms with Crippen molar-refractivity contribution >= 4 is 53.7 Å². The number of rotatable bonds is 7. The van der Waals surface area contributed by atoms with Gasteiger partial charge in [-0.25, -0.2) is 0 Å². The summed E-state index contributed by atoms with van der Waals surface area (Å²) in [4.78, 5) is 0. The van der Waals surface area contributed by atoms with Crippen LogP contribution >= 0.6 is 15.8 Å². The van der Waals surface area contributed by atoms with Crippen molar-refractivity contribution in [2.45, 2.75) is 124 Å². The third-order valence-corrected chi connectivity index (χ3v) is 21.4. The second-order valence-electron chi connectivity index (χ2n) is 24.7. The number of benzene rings is 10. The van der Waals surface area contributed by atoms with Crippen molar-refractivity contribution in [1.29, 1.82) is 0 Å². The Balaban J connectivity index is 0.000000159. The van der Waals surface area contributed by atoms with E-state index in [1.807, 2.05) is 13.1 Å². The van der Waals surface area contributed by atoms with Gasteiger partial charge in [-0.2, -0.15) is 0 Å². The van der Waals surface area contributed by atoms with E-state index >= 15 is 0 Å². The highest BCUT2D eigenvalue weighted by Gasteiger charge is 2.38. The Labute approximate surface area is 479 Å². The number of hydrogen-bond donors (Lipinski definition) is 1. The van der Waals surface area contributed by atoms with Gasteiger partial charge in [-0.05, 0) is 135 Å². The van der Waals surface area contributed by atoms with Gasteiger partial charge in [-0.1, -0.05) is 323 Å². The third-order valence-electron chi connectivity index (χ3n) is 14.3. The second-order valence-corrected chi connectivity index (χ2v) is 32.4. The van der Waals surface area contributed by atoms with Crippen molar-refractivity contribution in [1.82, 2.24) is 0 Å². The zero-order valence-corrected chi connectivity index (χ0v) is 52.1. The van der Waals surface area contributed by atoms with E-state index in [2.05, 4.69) is 334 Å². The molecule has 406 valence electrons. The van der Waals surface area contributed by atoms with E-state index in [1.165, 1.54) is 99.0 Å². The molecule has 0 aliphatic carbocycles. The first kappa shape index (κ1) is 60.0. The molecule has 1 nitrogen and oxygen atoms in total. The first-order valence-electron chi connectivity index (χ1n) is 28.2.